The average molecular weight is 730 g/mol. The first-order chi connectivity index (χ1) is 24.3. The number of hydrogen-bond donors (Lipinski definition) is 2. The van der Waals surface area contributed by atoms with Crippen molar-refractivity contribution in [1.29, 1.82) is 0 Å². The van der Waals surface area contributed by atoms with Crippen LogP contribution in [0.2, 0.25) is 0 Å². The van der Waals surface area contributed by atoms with Crippen LogP contribution >= 0.6 is 7.82 Å². The van der Waals surface area contributed by atoms with Gasteiger partial charge >= 0.3 is 19.8 Å². The van der Waals surface area contributed by atoms with E-state index >= 15 is 0 Å². The van der Waals surface area contributed by atoms with Crippen molar-refractivity contribution in [2.75, 3.05) is 26.4 Å². The molecule has 0 fully saturated rings. The van der Waals surface area contributed by atoms with Gasteiger partial charge in [0.2, 0.25) is 0 Å². The highest BCUT2D eigenvalue weighted by atomic mass is 31.2. The molecule has 2 atom stereocenters. The molecule has 0 aromatic rings. The van der Waals surface area contributed by atoms with Gasteiger partial charge in [-0.2, -0.15) is 0 Å². The van der Waals surface area contributed by atoms with Crippen LogP contribution in [0.15, 0.2) is 24.3 Å². The smallest absolute Gasteiger partial charge is 0.462 e. The van der Waals surface area contributed by atoms with Crippen LogP contribution in [-0.4, -0.2) is 49.3 Å². The quantitative estimate of drug-likeness (QED) is 0.0275. The first kappa shape index (κ1) is 48.5. The molecule has 0 amide bonds. The Bertz CT molecular complexity index is 881. The van der Waals surface area contributed by atoms with Gasteiger partial charge in [0, 0.05) is 19.4 Å². The zero-order valence-electron chi connectivity index (χ0n) is 32.1. The van der Waals surface area contributed by atoms with Gasteiger partial charge in [0.25, 0.3) is 0 Å². The van der Waals surface area contributed by atoms with E-state index in [9.17, 15) is 19.0 Å². The van der Waals surface area contributed by atoms with Gasteiger partial charge in [-0.3, -0.25) is 18.6 Å². The molecule has 0 aromatic heterocycles. The number of phosphoric ester groups is 1. The second-order valence-corrected chi connectivity index (χ2v) is 15.0. The van der Waals surface area contributed by atoms with Crippen LogP contribution in [0.1, 0.15) is 187 Å². The number of carbonyl (C=O) groups is 2. The Balaban J connectivity index is 4.22. The van der Waals surface area contributed by atoms with E-state index in [1.165, 1.54) is 122 Å². The van der Waals surface area contributed by atoms with Crippen molar-refractivity contribution in [2.24, 2.45) is 5.73 Å². The van der Waals surface area contributed by atoms with Gasteiger partial charge in [-0.05, 0) is 32.1 Å². The minimum absolute atomic E-state index is 0.0473. The molecule has 3 N–H and O–H groups in total. The molecule has 0 radical (unpaired) electrons. The van der Waals surface area contributed by atoms with Crippen molar-refractivity contribution in [3.05, 3.63) is 24.3 Å². The maximum atomic E-state index is 12.5. The highest BCUT2D eigenvalue weighted by molar-refractivity contribution is 7.47. The summed E-state index contributed by atoms with van der Waals surface area (Å²) in [7, 11) is -4.38. The Labute approximate surface area is 306 Å². The van der Waals surface area contributed by atoms with E-state index in [1.807, 2.05) is 12.2 Å². The molecule has 0 saturated carbocycles. The van der Waals surface area contributed by atoms with Gasteiger partial charge in [-0.15, -0.1) is 0 Å². The Kier molecular flexibility index (Phi) is 36.1. The number of rotatable bonds is 38. The molecule has 0 spiro atoms. The fraction of sp³-hybridized carbons (Fsp3) is 0.850. The number of hydrogen-bond acceptors (Lipinski definition) is 8. The summed E-state index contributed by atoms with van der Waals surface area (Å²) in [4.78, 5) is 34.7. The summed E-state index contributed by atoms with van der Waals surface area (Å²) in [5.74, 6) is -0.901. The number of allylic oxidation sites excluding steroid dienone is 4. The predicted molar refractivity (Wildman–Crippen MR) is 206 cm³/mol. The zero-order chi connectivity index (χ0) is 36.8. The average Bonchev–Trinajstić information content (AvgIpc) is 3.10. The second-order valence-electron chi connectivity index (χ2n) is 13.5. The van der Waals surface area contributed by atoms with Gasteiger partial charge in [0.15, 0.2) is 6.10 Å². The Morgan fingerprint density at radius 3 is 1.60 bits per heavy atom. The molecule has 9 nitrogen and oxygen atoms in total. The van der Waals surface area contributed by atoms with Crippen molar-refractivity contribution in [3.8, 4) is 0 Å². The van der Waals surface area contributed by atoms with Crippen LogP contribution in [0.25, 0.3) is 0 Å². The van der Waals surface area contributed by atoms with Crippen LogP contribution in [0.3, 0.4) is 0 Å². The zero-order valence-corrected chi connectivity index (χ0v) is 33.0. The van der Waals surface area contributed by atoms with Crippen LogP contribution in [-0.2, 0) is 32.7 Å². The third kappa shape index (κ3) is 36.3. The van der Waals surface area contributed by atoms with E-state index < -0.39 is 32.5 Å². The summed E-state index contributed by atoms with van der Waals surface area (Å²) >= 11 is 0. The summed E-state index contributed by atoms with van der Waals surface area (Å²) in [5.41, 5.74) is 5.33. The molecule has 0 aromatic carbocycles. The second kappa shape index (κ2) is 37.3. The van der Waals surface area contributed by atoms with Crippen LogP contribution < -0.4 is 5.73 Å². The molecule has 0 aliphatic carbocycles. The van der Waals surface area contributed by atoms with Gasteiger partial charge in [0.05, 0.1) is 13.2 Å². The van der Waals surface area contributed by atoms with Crippen LogP contribution in [0.4, 0.5) is 0 Å². The number of phosphoric acid groups is 1. The lowest BCUT2D eigenvalue weighted by molar-refractivity contribution is -0.161. The summed E-state index contributed by atoms with van der Waals surface area (Å²) in [6.45, 7) is 3.66. The lowest BCUT2D eigenvalue weighted by atomic mass is 10.0. The number of ether oxygens (including phenoxy) is 2. The number of unbranched alkanes of at least 4 members (excludes halogenated alkanes) is 21. The number of nitrogens with two attached hydrogens (primary N) is 1. The van der Waals surface area contributed by atoms with Crippen molar-refractivity contribution < 1.29 is 37.6 Å². The van der Waals surface area contributed by atoms with E-state index in [4.69, 9.17) is 24.3 Å². The maximum Gasteiger partial charge on any atom is 0.472 e. The van der Waals surface area contributed by atoms with E-state index in [0.29, 0.717) is 6.42 Å². The fourth-order valence-electron chi connectivity index (χ4n) is 5.57. The third-order valence-corrected chi connectivity index (χ3v) is 9.59. The number of esters is 2. The highest BCUT2D eigenvalue weighted by Crippen LogP contribution is 2.43. The molecule has 0 saturated heterocycles. The largest absolute Gasteiger partial charge is 0.472 e. The lowest BCUT2D eigenvalue weighted by Crippen LogP contribution is -2.29. The minimum Gasteiger partial charge on any atom is -0.462 e. The molecule has 0 aliphatic rings. The van der Waals surface area contributed by atoms with E-state index in [0.717, 1.165) is 32.1 Å². The monoisotopic (exact) mass is 730 g/mol. The summed E-state index contributed by atoms with van der Waals surface area (Å²) < 4.78 is 32.6. The normalized spacial score (nSPS) is 13.6. The predicted octanol–water partition coefficient (Wildman–Crippen LogP) is 11.2. The Morgan fingerprint density at radius 1 is 0.600 bits per heavy atom. The van der Waals surface area contributed by atoms with Crippen molar-refractivity contribution in [1.82, 2.24) is 0 Å². The summed E-state index contributed by atoms with van der Waals surface area (Å²) in [6.07, 6.45) is 37.9. The van der Waals surface area contributed by atoms with Gasteiger partial charge in [0.1, 0.15) is 6.61 Å². The van der Waals surface area contributed by atoms with Crippen molar-refractivity contribution in [2.45, 2.75) is 193 Å². The molecule has 0 aliphatic heterocycles. The summed E-state index contributed by atoms with van der Waals surface area (Å²) in [5, 5.41) is 0. The van der Waals surface area contributed by atoms with Crippen molar-refractivity contribution >= 4 is 19.8 Å². The van der Waals surface area contributed by atoms with Gasteiger partial charge < -0.3 is 20.1 Å². The first-order valence-corrected chi connectivity index (χ1v) is 21.8. The fourth-order valence-corrected chi connectivity index (χ4v) is 6.33. The van der Waals surface area contributed by atoms with Crippen LogP contribution in [0, 0.1) is 0 Å². The third-order valence-electron chi connectivity index (χ3n) is 8.60. The molecule has 2 unspecified atom stereocenters. The molecule has 294 valence electrons. The SMILES string of the molecule is CCCCCCCC/C=C/C/C=C/CCC(=O)OC(COC(=O)CCCCCCCCCCCCCCCCCC)COP(=O)(O)OCCN. The molecule has 0 bridgehead atoms. The first-order valence-electron chi connectivity index (χ1n) is 20.3. The van der Waals surface area contributed by atoms with Gasteiger partial charge in [-0.25, -0.2) is 4.57 Å². The standard InChI is InChI=1S/C40H76NO8P/c1-3-5-7-9-11-13-15-17-18-19-21-22-24-26-28-30-32-39(42)46-36-38(37-48-50(44,45)47-35-34-41)49-40(43)33-31-29-27-25-23-20-16-14-12-10-8-6-4-2/h20,23,27,29,38H,3-19,21-22,24-26,28,30-37,41H2,1-2H3,(H,44,45)/b23-20+,29-27+. The van der Waals surface area contributed by atoms with Crippen molar-refractivity contribution in [3.63, 3.8) is 0 Å². The van der Waals surface area contributed by atoms with E-state index in [-0.39, 0.29) is 32.6 Å². The highest BCUT2D eigenvalue weighted by Gasteiger charge is 2.25. The minimum atomic E-state index is -4.38. The van der Waals surface area contributed by atoms with E-state index in [2.05, 4.69) is 26.0 Å². The molecular formula is C40H76NO8P. The Hall–Kier alpha value is -1.51. The number of carbonyl (C=O) groups excluding carboxylic acids is 2. The molecule has 0 heterocycles. The molecule has 0 rings (SSSR count). The van der Waals surface area contributed by atoms with Gasteiger partial charge in [-0.1, -0.05) is 167 Å². The molecule has 10 heteroatoms. The van der Waals surface area contributed by atoms with E-state index in [1.54, 1.807) is 0 Å². The topological polar surface area (TPSA) is 134 Å². The van der Waals surface area contributed by atoms with Crippen LogP contribution in [0.5, 0.6) is 0 Å². The molecule has 50 heavy (non-hydrogen) atoms. The Morgan fingerprint density at radius 2 is 1.08 bits per heavy atom. The lowest BCUT2D eigenvalue weighted by Gasteiger charge is -2.19. The maximum absolute atomic E-state index is 12.5. The molecular weight excluding hydrogens is 653 g/mol. The summed E-state index contributed by atoms with van der Waals surface area (Å²) in [6, 6.07) is 0.